The van der Waals surface area contributed by atoms with Crippen molar-refractivity contribution in [3.05, 3.63) is 23.8 Å². The number of rotatable bonds is 5. The van der Waals surface area contributed by atoms with Crippen LogP contribution in [0.5, 0.6) is 0 Å². The van der Waals surface area contributed by atoms with Gasteiger partial charge in [-0.1, -0.05) is 6.07 Å². The highest BCUT2D eigenvalue weighted by Gasteiger charge is 2.06. The summed E-state index contributed by atoms with van der Waals surface area (Å²) in [6.45, 7) is 2.36. The molecule has 1 rings (SSSR count). The van der Waals surface area contributed by atoms with Crippen LogP contribution in [0.3, 0.4) is 0 Å². The summed E-state index contributed by atoms with van der Waals surface area (Å²) in [5.41, 5.74) is 7.65. The third kappa shape index (κ3) is 3.74. The Bertz CT molecular complexity index is 317. The van der Waals surface area contributed by atoms with Crippen molar-refractivity contribution >= 4 is 17.4 Å². The van der Waals surface area contributed by atoms with Crippen LogP contribution in [-0.4, -0.2) is 30.7 Å². The van der Waals surface area contributed by atoms with Gasteiger partial charge in [-0.2, -0.15) is 0 Å². The molecule has 4 heteroatoms. The maximum absolute atomic E-state index is 9.49. The van der Waals surface area contributed by atoms with Gasteiger partial charge in [-0.15, -0.1) is 11.8 Å². The molecule has 0 aromatic heterocycles. The van der Waals surface area contributed by atoms with Gasteiger partial charge in [0.2, 0.25) is 0 Å². The highest BCUT2D eigenvalue weighted by Crippen LogP contribution is 2.26. The smallest absolute Gasteiger partial charge is 0.0867 e. The Morgan fingerprint density at radius 2 is 2.27 bits per heavy atom. The van der Waals surface area contributed by atoms with Crippen LogP contribution in [-0.2, 0) is 4.74 Å². The number of nitrogens with two attached hydrogens (primary N) is 1. The molecule has 84 valence electrons. The number of methoxy groups -OCH3 is 1. The SMILES string of the molecule is COCC(O)CSc1cccc(N)c1C. The number of nitrogen functional groups attached to an aromatic ring is 1. The molecule has 0 heterocycles. The quantitative estimate of drug-likeness (QED) is 0.593. The lowest BCUT2D eigenvalue weighted by Gasteiger charge is -2.11. The van der Waals surface area contributed by atoms with E-state index >= 15 is 0 Å². The molecule has 3 nitrogen and oxygen atoms in total. The van der Waals surface area contributed by atoms with Crippen molar-refractivity contribution in [2.75, 3.05) is 25.2 Å². The third-order valence-electron chi connectivity index (χ3n) is 2.12. The summed E-state index contributed by atoms with van der Waals surface area (Å²) in [6.07, 6.45) is -0.430. The standard InChI is InChI=1S/C11H17NO2S/c1-8-10(12)4-3-5-11(8)15-7-9(13)6-14-2/h3-5,9,13H,6-7,12H2,1-2H3. The Morgan fingerprint density at radius 3 is 2.93 bits per heavy atom. The van der Waals surface area contributed by atoms with Gasteiger partial charge < -0.3 is 15.6 Å². The van der Waals surface area contributed by atoms with Crippen LogP contribution in [0.1, 0.15) is 5.56 Å². The van der Waals surface area contributed by atoms with E-state index in [9.17, 15) is 5.11 Å². The molecule has 0 saturated carbocycles. The van der Waals surface area contributed by atoms with Crippen LogP contribution in [0.15, 0.2) is 23.1 Å². The summed E-state index contributed by atoms with van der Waals surface area (Å²) in [6, 6.07) is 5.81. The fourth-order valence-corrected chi connectivity index (χ4v) is 2.19. The van der Waals surface area contributed by atoms with E-state index in [-0.39, 0.29) is 0 Å². The molecule has 0 aliphatic carbocycles. The maximum atomic E-state index is 9.49. The van der Waals surface area contributed by atoms with Gasteiger partial charge in [0.05, 0.1) is 12.7 Å². The van der Waals surface area contributed by atoms with Gasteiger partial charge in [-0.3, -0.25) is 0 Å². The third-order valence-corrected chi connectivity index (χ3v) is 3.42. The van der Waals surface area contributed by atoms with Gasteiger partial charge in [0.1, 0.15) is 0 Å². The van der Waals surface area contributed by atoms with Crippen molar-refractivity contribution < 1.29 is 9.84 Å². The Morgan fingerprint density at radius 1 is 1.53 bits per heavy atom. The Kier molecular flexibility index (Phi) is 4.94. The molecule has 1 atom stereocenters. The van der Waals surface area contributed by atoms with E-state index in [0.29, 0.717) is 12.4 Å². The molecule has 1 aromatic rings. The maximum Gasteiger partial charge on any atom is 0.0867 e. The molecule has 0 aliphatic rings. The van der Waals surface area contributed by atoms with Crippen LogP contribution in [0, 0.1) is 6.92 Å². The second kappa shape index (κ2) is 6.00. The fraction of sp³-hybridized carbons (Fsp3) is 0.455. The minimum absolute atomic E-state index is 0.369. The van der Waals surface area contributed by atoms with Gasteiger partial charge in [0.25, 0.3) is 0 Å². The van der Waals surface area contributed by atoms with E-state index < -0.39 is 6.10 Å². The molecule has 0 saturated heterocycles. The minimum atomic E-state index is -0.430. The largest absolute Gasteiger partial charge is 0.398 e. The van der Waals surface area contributed by atoms with E-state index in [1.165, 1.54) is 0 Å². The summed E-state index contributed by atoms with van der Waals surface area (Å²) >= 11 is 1.60. The van der Waals surface area contributed by atoms with Gasteiger partial charge in [-0.05, 0) is 24.6 Å². The van der Waals surface area contributed by atoms with E-state index in [1.54, 1.807) is 18.9 Å². The van der Waals surface area contributed by atoms with Crippen molar-refractivity contribution in [2.45, 2.75) is 17.9 Å². The molecular weight excluding hydrogens is 210 g/mol. The lowest BCUT2D eigenvalue weighted by Crippen LogP contribution is -2.16. The molecule has 0 bridgehead atoms. The number of aliphatic hydroxyl groups is 1. The second-order valence-electron chi connectivity index (χ2n) is 3.39. The zero-order valence-corrected chi connectivity index (χ0v) is 9.88. The molecular formula is C11H17NO2S. The molecule has 0 amide bonds. The topological polar surface area (TPSA) is 55.5 Å². The first-order chi connectivity index (χ1) is 7.15. The minimum Gasteiger partial charge on any atom is -0.398 e. The molecule has 0 aliphatic heterocycles. The molecule has 0 fully saturated rings. The van der Waals surface area contributed by atoms with Gasteiger partial charge in [0, 0.05) is 23.4 Å². The van der Waals surface area contributed by atoms with Crippen molar-refractivity contribution in [1.29, 1.82) is 0 Å². The van der Waals surface area contributed by atoms with Crippen LogP contribution in [0.4, 0.5) is 5.69 Å². The molecule has 1 aromatic carbocycles. The van der Waals surface area contributed by atoms with Crippen molar-refractivity contribution in [1.82, 2.24) is 0 Å². The fourth-order valence-electron chi connectivity index (χ4n) is 1.21. The van der Waals surface area contributed by atoms with Crippen molar-refractivity contribution in [3.8, 4) is 0 Å². The number of anilines is 1. The first-order valence-corrected chi connectivity index (χ1v) is 5.78. The number of benzene rings is 1. The van der Waals surface area contributed by atoms with Crippen molar-refractivity contribution in [3.63, 3.8) is 0 Å². The number of thioether (sulfide) groups is 1. The number of hydrogen-bond donors (Lipinski definition) is 2. The van der Waals surface area contributed by atoms with Gasteiger partial charge in [-0.25, -0.2) is 0 Å². The highest BCUT2D eigenvalue weighted by atomic mass is 32.2. The van der Waals surface area contributed by atoms with E-state index in [4.69, 9.17) is 10.5 Å². The Balaban J connectivity index is 2.54. The molecule has 1 unspecified atom stereocenters. The zero-order chi connectivity index (χ0) is 11.3. The van der Waals surface area contributed by atoms with Gasteiger partial charge in [0.15, 0.2) is 0 Å². The predicted octanol–water partition coefficient (Wildman–Crippen LogP) is 1.68. The van der Waals surface area contributed by atoms with E-state index in [1.807, 2.05) is 25.1 Å². The Labute approximate surface area is 94.6 Å². The van der Waals surface area contributed by atoms with Crippen LogP contribution >= 0.6 is 11.8 Å². The normalized spacial score (nSPS) is 12.7. The molecule has 0 radical (unpaired) electrons. The summed E-state index contributed by atoms with van der Waals surface area (Å²) in [7, 11) is 1.58. The van der Waals surface area contributed by atoms with E-state index in [0.717, 1.165) is 16.1 Å². The Hall–Kier alpha value is -0.710. The number of hydrogen-bond acceptors (Lipinski definition) is 4. The lowest BCUT2D eigenvalue weighted by molar-refractivity contribution is 0.0794. The lowest BCUT2D eigenvalue weighted by atomic mass is 10.2. The van der Waals surface area contributed by atoms with Crippen LogP contribution < -0.4 is 5.73 Å². The predicted molar refractivity (Wildman–Crippen MR) is 64.2 cm³/mol. The average molecular weight is 227 g/mol. The van der Waals surface area contributed by atoms with Crippen LogP contribution in [0.25, 0.3) is 0 Å². The summed E-state index contributed by atoms with van der Waals surface area (Å²) in [5.74, 6) is 0.623. The van der Waals surface area contributed by atoms with E-state index in [2.05, 4.69) is 0 Å². The molecule has 15 heavy (non-hydrogen) atoms. The second-order valence-corrected chi connectivity index (χ2v) is 4.45. The van der Waals surface area contributed by atoms with Crippen molar-refractivity contribution in [2.24, 2.45) is 0 Å². The first kappa shape index (κ1) is 12.4. The van der Waals surface area contributed by atoms with Gasteiger partial charge >= 0.3 is 0 Å². The summed E-state index contributed by atoms with van der Waals surface area (Å²) in [4.78, 5) is 1.12. The zero-order valence-electron chi connectivity index (χ0n) is 9.06. The summed E-state index contributed by atoms with van der Waals surface area (Å²) in [5, 5.41) is 9.49. The average Bonchev–Trinajstić information content (AvgIpc) is 2.21. The monoisotopic (exact) mass is 227 g/mol. The number of ether oxygens (including phenoxy) is 1. The highest BCUT2D eigenvalue weighted by molar-refractivity contribution is 7.99. The first-order valence-electron chi connectivity index (χ1n) is 4.80. The van der Waals surface area contributed by atoms with Crippen LogP contribution in [0.2, 0.25) is 0 Å². The number of aliphatic hydroxyl groups excluding tert-OH is 1. The molecule has 0 spiro atoms. The molecule has 3 N–H and O–H groups in total. The summed E-state index contributed by atoms with van der Waals surface area (Å²) < 4.78 is 4.86.